The summed E-state index contributed by atoms with van der Waals surface area (Å²) < 4.78 is 20.6. The molecule has 0 bridgehead atoms. The molecule has 0 saturated heterocycles. The molecular formula is C20H20FN9O2. The van der Waals surface area contributed by atoms with Crippen LogP contribution in [0.3, 0.4) is 0 Å². The first kappa shape index (κ1) is 20.9. The molecule has 0 saturated carbocycles. The average Bonchev–Trinajstić information content (AvgIpc) is 3.10. The SMILES string of the molecule is CC(C)OC(=O)Nc1c(N)nc(-c2nn(Cc3cccnc3F)c3ncccc23)nc1N. The van der Waals surface area contributed by atoms with Crippen molar-refractivity contribution in [3.05, 3.63) is 48.2 Å². The van der Waals surface area contributed by atoms with Crippen molar-refractivity contribution in [2.75, 3.05) is 16.8 Å². The van der Waals surface area contributed by atoms with Gasteiger partial charge in [-0.05, 0) is 32.0 Å². The molecule has 0 spiro atoms. The molecular weight excluding hydrogens is 417 g/mol. The van der Waals surface area contributed by atoms with E-state index in [9.17, 15) is 9.18 Å². The predicted molar refractivity (Wildman–Crippen MR) is 116 cm³/mol. The number of fused-ring (bicyclic) bond motifs is 1. The highest BCUT2D eigenvalue weighted by Crippen LogP contribution is 2.30. The summed E-state index contributed by atoms with van der Waals surface area (Å²) in [5, 5.41) is 7.59. The number of anilines is 3. The largest absolute Gasteiger partial charge is 0.447 e. The molecule has 4 heterocycles. The zero-order valence-corrected chi connectivity index (χ0v) is 17.3. The molecule has 0 aliphatic heterocycles. The fourth-order valence-corrected chi connectivity index (χ4v) is 3.06. The van der Waals surface area contributed by atoms with Gasteiger partial charge >= 0.3 is 6.09 Å². The zero-order valence-electron chi connectivity index (χ0n) is 17.3. The second-order valence-electron chi connectivity index (χ2n) is 7.11. The van der Waals surface area contributed by atoms with Gasteiger partial charge in [0.25, 0.3) is 0 Å². The van der Waals surface area contributed by atoms with Crippen LogP contribution in [0.25, 0.3) is 22.6 Å². The smallest absolute Gasteiger partial charge is 0.412 e. The van der Waals surface area contributed by atoms with Gasteiger partial charge in [-0.3, -0.25) is 5.32 Å². The fraction of sp³-hybridized carbons (Fsp3) is 0.200. The Morgan fingerprint density at radius 3 is 2.53 bits per heavy atom. The number of carbonyl (C=O) groups excluding carboxylic acids is 1. The lowest BCUT2D eigenvalue weighted by molar-refractivity contribution is 0.130. The number of nitrogens with one attached hydrogen (secondary N) is 1. The number of hydrogen-bond acceptors (Lipinski definition) is 9. The summed E-state index contributed by atoms with van der Waals surface area (Å²) >= 11 is 0. The number of pyridine rings is 2. The number of hydrogen-bond donors (Lipinski definition) is 3. The molecule has 0 aliphatic carbocycles. The maximum atomic E-state index is 14.1. The number of aromatic nitrogens is 6. The van der Waals surface area contributed by atoms with E-state index in [4.69, 9.17) is 16.2 Å². The third-order valence-corrected chi connectivity index (χ3v) is 4.41. The molecule has 5 N–H and O–H groups in total. The number of nitrogens with two attached hydrogens (primary N) is 2. The minimum Gasteiger partial charge on any atom is -0.447 e. The number of carbonyl (C=O) groups is 1. The molecule has 0 fully saturated rings. The Morgan fingerprint density at radius 1 is 1.16 bits per heavy atom. The Kier molecular flexibility index (Phi) is 5.50. The van der Waals surface area contributed by atoms with E-state index in [1.807, 2.05) is 0 Å². The summed E-state index contributed by atoms with van der Waals surface area (Å²) in [6, 6.07) is 6.76. The summed E-state index contributed by atoms with van der Waals surface area (Å²) in [7, 11) is 0. The maximum Gasteiger partial charge on any atom is 0.412 e. The Labute approximate surface area is 181 Å². The van der Waals surface area contributed by atoms with Crippen LogP contribution in [0.2, 0.25) is 0 Å². The number of nitrogen functional groups attached to an aromatic ring is 2. The van der Waals surface area contributed by atoms with E-state index in [1.54, 1.807) is 44.3 Å². The maximum absolute atomic E-state index is 14.1. The predicted octanol–water partition coefficient (Wildman–Crippen LogP) is 2.59. The second-order valence-corrected chi connectivity index (χ2v) is 7.11. The van der Waals surface area contributed by atoms with Gasteiger partial charge in [-0.15, -0.1) is 0 Å². The van der Waals surface area contributed by atoms with Gasteiger partial charge in [0.1, 0.15) is 11.4 Å². The lowest BCUT2D eigenvalue weighted by Crippen LogP contribution is -2.20. The minimum absolute atomic E-state index is 0.0405. The molecule has 32 heavy (non-hydrogen) atoms. The van der Waals surface area contributed by atoms with E-state index in [1.165, 1.54) is 10.9 Å². The summed E-state index contributed by atoms with van der Waals surface area (Å²) in [4.78, 5) is 28.4. The van der Waals surface area contributed by atoms with E-state index in [0.717, 1.165) is 0 Å². The lowest BCUT2D eigenvalue weighted by Gasteiger charge is -2.12. The molecule has 0 aromatic carbocycles. The minimum atomic E-state index is -0.729. The monoisotopic (exact) mass is 437 g/mol. The number of amides is 1. The van der Waals surface area contributed by atoms with E-state index >= 15 is 0 Å². The molecule has 4 rings (SSSR count). The Hall–Kier alpha value is -4.35. The molecule has 4 aromatic rings. The quantitative estimate of drug-likeness (QED) is 0.399. The van der Waals surface area contributed by atoms with Crippen LogP contribution in [0.4, 0.5) is 26.5 Å². The third kappa shape index (κ3) is 4.10. The molecule has 0 unspecified atom stereocenters. The number of nitrogens with zero attached hydrogens (tertiary/aromatic N) is 6. The standard InChI is InChI=1S/C20H20FN9O2/c1-10(2)32-20(31)26-14-16(22)27-18(28-17(14)23)13-12-6-4-8-25-19(12)30(29-13)9-11-5-3-7-24-15(11)21/h3-8,10H,9H2,1-2H3,(H,26,31)(H4,22,23,27,28). The van der Waals surface area contributed by atoms with Crippen molar-refractivity contribution < 1.29 is 13.9 Å². The van der Waals surface area contributed by atoms with Crippen LogP contribution in [-0.2, 0) is 11.3 Å². The van der Waals surface area contributed by atoms with Crippen LogP contribution < -0.4 is 16.8 Å². The topological polar surface area (TPSA) is 160 Å². The first-order valence-corrected chi connectivity index (χ1v) is 9.65. The van der Waals surface area contributed by atoms with Crippen molar-refractivity contribution in [3.63, 3.8) is 0 Å². The highest BCUT2D eigenvalue weighted by Gasteiger charge is 2.20. The Balaban J connectivity index is 1.74. The van der Waals surface area contributed by atoms with Crippen molar-refractivity contribution in [2.24, 2.45) is 0 Å². The van der Waals surface area contributed by atoms with Crippen molar-refractivity contribution in [1.82, 2.24) is 29.7 Å². The number of halogens is 1. The molecule has 12 heteroatoms. The molecule has 0 atom stereocenters. The van der Waals surface area contributed by atoms with Gasteiger partial charge in [0.2, 0.25) is 5.95 Å². The Bertz CT molecular complexity index is 1280. The Morgan fingerprint density at radius 2 is 1.84 bits per heavy atom. The summed E-state index contributed by atoms with van der Waals surface area (Å²) in [5.41, 5.74) is 13.3. The van der Waals surface area contributed by atoms with Gasteiger partial charge in [0.15, 0.2) is 23.1 Å². The van der Waals surface area contributed by atoms with Gasteiger partial charge in [0, 0.05) is 18.0 Å². The van der Waals surface area contributed by atoms with Crippen LogP contribution in [0.15, 0.2) is 36.7 Å². The fourth-order valence-electron chi connectivity index (χ4n) is 3.06. The first-order valence-electron chi connectivity index (χ1n) is 9.65. The molecule has 164 valence electrons. The molecule has 0 radical (unpaired) electrons. The highest BCUT2D eigenvalue weighted by molar-refractivity contribution is 5.94. The normalized spacial score (nSPS) is 11.1. The van der Waals surface area contributed by atoms with E-state index in [-0.39, 0.29) is 35.8 Å². The summed E-state index contributed by atoms with van der Waals surface area (Å²) in [6.45, 7) is 3.51. The van der Waals surface area contributed by atoms with Crippen molar-refractivity contribution in [1.29, 1.82) is 0 Å². The van der Waals surface area contributed by atoms with Crippen LogP contribution in [0.1, 0.15) is 19.4 Å². The molecule has 1 amide bonds. The molecule has 11 nitrogen and oxygen atoms in total. The van der Waals surface area contributed by atoms with E-state index < -0.39 is 12.0 Å². The summed E-state index contributed by atoms with van der Waals surface area (Å²) in [5.74, 6) is -0.579. The third-order valence-electron chi connectivity index (χ3n) is 4.41. The van der Waals surface area contributed by atoms with Crippen molar-refractivity contribution in [2.45, 2.75) is 26.5 Å². The van der Waals surface area contributed by atoms with Gasteiger partial charge < -0.3 is 16.2 Å². The van der Waals surface area contributed by atoms with Crippen LogP contribution >= 0.6 is 0 Å². The van der Waals surface area contributed by atoms with Crippen molar-refractivity contribution in [3.8, 4) is 11.5 Å². The van der Waals surface area contributed by atoms with Gasteiger partial charge in [0.05, 0.1) is 18.0 Å². The van der Waals surface area contributed by atoms with Crippen LogP contribution in [0.5, 0.6) is 0 Å². The average molecular weight is 437 g/mol. The molecule has 4 aromatic heterocycles. The van der Waals surface area contributed by atoms with Gasteiger partial charge in [-0.2, -0.15) is 9.49 Å². The van der Waals surface area contributed by atoms with Gasteiger partial charge in [-0.1, -0.05) is 6.07 Å². The van der Waals surface area contributed by atoms with Crippen molar-refractivity contribution >= 4 is 34.4 Å². The first-order chi connectivity index (χ1) is 15.3. The number of rotatable bonds is 5. The van der Waals surface area contributed by atoms with Gasteiger partial charge in [-0.25, -0.2) is 29.4 Å². The highest BCUT2D eigenvalue weighted by atomic mass is 19.1. The number of ether oxygens (including phenoxy) is 1. The molecule has 0 aliphatic rings. The van der Waals surface area contributed by atoms with Crippen LogP contribution in [0, 0.1) is 5.95 Å². The summed E-state index contributed by atoms with van der Waals surface area (Å²) in [6.07, 6.45) is 1.91. The van der Waals surface area contributed by atoms with E-state index in [2.05, 4.69) is 30.4 Å². The van der Waals surface area contributed by atoms with Crippen LogP contribution in [-0.4, -0.2) is 41.9 Å². The second kappa shape index (κ2) is 8.41. The zero-order chi connectivity index (χ0) is 22.8. The lowest BCUT2D eigenvalue weighted by atomic mass is 10.2. The van der Waals surface area contributed by atoms with E-state index in [0.29, 0.717) is 22.3 Å².